The normalized spacial score (nSPS) is 14.8. The number of hydrogen-bond donors (Lipinski definition) is 6. The Morgan fingerprint density at radius 1 is 0.848 bits per heavy atom. The maximum atomic E-state index is 13.0. The van der Waals surface area contributed by atoms with E-state index in [1.807, 2.05) is 19.9 Å². The van der Waals surface area contributed by atoms with Gasteiger partial charge in [0.2, 0.25) is 17.7 Å². The molecule has 0 bridgehead atoms. The monoisotopic (exact) mass is 464 g/mol. The van der Waals surface area contributed by atoms with Crippen LogP contribution in [0.5, 0.6) is 0 Å². The van der Waals surface area contributed by atoms with Gasteiger partial charge in [0.05, 0.1) is 12.6 Å². The number of nitrogens with two attached hydrogens (primary N) is 1. The number of aliphatic hydroxyl groups excluding tert-OH is 1. The van der Waals surface area contributed by atoms with Crippen molar-refractivity contribution < 1.29 is 29.4 Å². The van der Waals surface area contributed by atoms with Gasteiger partial charge in [0.1, 0.15) is 18.1 Å². The average molecular weight is 465 g/mol. The molecule has 0 aliphatic heterocycles. The Morgan fingerprint density at radius 3 is 1.85 bits per heavy atom. The Balaban J connectivity index is 2.98. The van der Waals surface area contributed by atoms with Gasteiger partial charge in [-0.1, -0.05) is 58.0 Å². The number of rotatable bonds is 13. The fourth-order valence-electron chi connectivity index (χ4n) is 3.06. The van der Waals surface area contributed by atoms with Gasteiger partial charge in [-0.25, -0.2) is 4.79 Å². The minimum absolute atomic E-state index is 0.00389. The summed E-state index contributed by atoms with van der Waals surface area (Å²) in [5, 5.41) is 26.4. The van der Waals surface area contributed by atoms with Crippen LogP contribution in [0.1, 0.15) is 39.7 Å². The van der Waals surface area contributed by atoms with Crippen molar-refractivity contribution in [2.45, 2.75) is 64.7 Å². The number of aliphatic carboxylic acids is 1. The summed E-state index contributed by atoms with van der Waals surface area (Å²) in [6, 6.07) is 4.52. The molecule has 0 aliphatic carbocycles. The molecule has 33 heavy (non-hydrogen) atoms. The lowest BCUT2D eigenvalue weighted by molar-refractivity contribution is -0.143. The van der Waals surface area contributed by atoms with E-state index in [0.29, 0.717) is 0 Å². The first kappa shape index (κ1) is 28.1. The Kier molecular flexibility index (Phi) is 11.5. The molecule has 1 aromatic carbocycles. The van der Waals surface area contributed by atoms with Crippen LogP contribution >= 0.6 is 0 Å². The Labute approximate surface area is 194 Å². The van der Waals surface area contributed by atoms with Gasteiger partial charge in [0, 0.05) is 6.42 Å². The summed E-state index contributed by atoms with van der Waals surface area (Å²) in [7, 11) is 0. The molecule has 0 heterocycles. The molecule has 0 saturated carbocycles. The van der Waals surface area contributed by atoms with Gasteiger partial charge in [0.25, 0.3) is 0 Å². The maximum absolute atomic E-state index is 13.0. The zero-order chi connectivity index (χ0) is 25.1. The third-order valence-corrected chi connectivity index (χ3v) is 5.07. The first-order valence-corrected chi connectivity index (χ1v) is 11.0. The van der Waals surface area contributed by atoms with Crippen LogP contribution in [0.2, 0.25) is 0 Å². The second-order valence-electron chi connectivity index (χ2n) is 8.79. The van der Waals surface area contributed by atoms with Crippen molar-refractivity contribution >= 4 is 23.7 Å². The van der Waals surface area contributed by atoms with E-state index >= 15 is 0 Å². The average Bonchev–Trinajstić information content (AvgIpc) is 2.75. The highest BCUT2D eigenvalue weighted by Crippen LogP contribution is 2.07. The van der Waals surface area contributed by atoms with Gasteiger partial charge < -0.3 is 31.9 Å². The molecule has 0 fully saturated rings. The fourth-order valence-corrected chi connectivity index (χ4v) is 3.06. The number of nitrogens with one attached hydrogen (secondary N) is 3. The maximum Gasteiger partial charge on any atom is 0.326 e. The van der Waals surface area contributed by atoms with Crippen LogP contribution in [-0.2, 0) is 25.6 Å². The van der Waals surface area contributed by atoms with Crippen LogP contribution in [0.15, 0.2) is 30.3 Å². The Bertz CT molecular complexity index is 799. The number of carbonyl (C=O) groups excluding carboxylic acids is 3. The summed E-state index contributed by atoms with van der Waals surface area (Å²) < 4.78 is 0. The van der Waals surface area contributed by atoms with Gasteiger partial charge in [-0.2, -0.15) is 0 Å². The summed E-state index contributed by atoms with van der Waals surface area (Å²) in [4.78, 5) is 49.4. The van der Waals surface area contributed by atoms with E-state index < -0.39 is 54.5 Å². The molecule has 0 radical (unpaired) electrons. The number of carbonyl (C=O) groups is 4. The third kappa shape index (κ3) is 9.58. The lowest BCUT2D eigenvalue weighted by atomic mass is 10.0. The number of aliphatic hydroxyl groups is 1. The minimum atomic E-state index is -1.39. The summed E-state index contributed by atoms with van der Waals surface area (Å²) >= 11 is 0. The van der Waals surface area contributed by atoms with Crippen LogP contribution in [0, 0.1) is 11.8 Å². The number of carboxylic acids is 1. The molecule has 10 nitrogen and oxygen atoms in total. The van der Waals surface area contributed by atoms with E-state index in [1.54, 1.807) is 38.1 Å². The van der Waals surface area contributed by atoms with Gasteiger partial charge in [-0.3, -0.25) is 14.4 Å². The first-order chi connectivity index (χ1) is 15.5. The molecule has 0 spiro atoms. The predicted octanol–water partition coefficient (Wildman–Crippen LogP) is -0.210. The third-order valence-electron chi connectivity index (χ3n) is 5.07. The molecular weight excluding hydrogens is 428 g/mol. The van der Waals surface area contributed by atoms with Gasteiger partial charge in [-0.05, 0) is 23.8 Å². The number of carboxylic acid groups (broad SMARTS) is 1. The fraction of sp³-hybridized carbons (Fsp3) is 0.565. The highest BCUT2D eigenvalue weighted by molar-refractivity contribution is 5.94. The molecular formula is C23H36N4O6. The van der Waals surface area contributed by atoms with E-state index in [1.165, 1.54) is 0 Å². The molecule has 7 N–H and O–H groups in total. The molecule has 4 unspecified atom stereocenters. The van der Waals surface area contributed by atoms with E-state index in [0.717, 1.165) is 5.56 Å². The number of benzene rings is 1. The Morgan fingerprint density at radius 2 is 1.36 bits per heavy atom. The molecule has 1 rings (SSSR count). The number of amides is 3. The van der Waals surface area contributed by atoms with E-state index in [4.69, 9.17) is 5.73 Å². The molecule has 0 aliphatic rings. The summed E-state index contributed by atoms with van der Waals surface area (Å²) in [6.45, 7) is 6.43. The molecule has 0 aromatic heterocycles. The van der Waals surface area contributed by atoms with Crippen molar-refractivity contribution in [3.63, 3.8) is 0 Å². The zero-order valence-electron chi connectivity index (χ0n) is 19.6. The van der Waals surface area contributed by atoms with Gasteiger partial charge in [0.15, 0.2) is 0 Å². The van der Waals surface area contributed by atoms with Crippen LogP contribution in [0.3, 0.4) is 0 Å². The van der Waals surface area contributed by atoms with Crippen molar-refractivity contribution in [3.8, 4) is 0 Å². The molecule has 10 heteroatoms. The highest BCUT2D eigenvalue weighted by atomic mass is 16.4. The van der Waals surface area contributed by atoms with Crippen molar-refractivity contribution in [2.75, 3.05) is 6.61 Å². The smallest absolute Gasteiger partial charge is 0.326 e. The largest absolute Gasteiger partial charge is 0.480 e. The van der Waals surface area contributed by atoms with Crippen LogP contribution in [0.4, 0.5) is 0 Å². The zero-order valence-corrected chi connectivity index (χ0v) is 19.6. The molecule has 0 saturated heterocycles. The van der Waals surface area contributed by atoms with E-state index in [-0.39, 0.29) is 24.7 Å². The second kappa shape index (κ2) is 13.5. The SMILES string of the molecule is CC(C)CC(NC(=O)C(CO)NC(=O)C(Cc1ccccc1)NC(=O)C(N)C(C)C)C(=O)O. The molecule has 3 amide bonds. The van der Waals surface area contributed by atoms with Crippen molar-refractivity contribution in [1.82, 2.24) is 16.0 Å². The summed E-state index contributed by atoms with van der Waals surface area (Å²) in [6.07, 6.45) is 0.320. The van der Waals surface area contributed by atoms with Gasteiger partial charge >= 0.3 is 5.97 Å². The lowest BCUT2D eigenvalue weighted by Crippen LogP contribution is -2.59. The van der Waals surface area contributed by atoms with Crippen molar-refractivity contribution in [1.29, 1.82) is 0 Å². The summed E-state index contributed by atoms with van der Waals surface area (Å²) in [5.41, 5.74) is 6.66. The second-order valence-corrected chi connectivity index (χ2v) is 8.79. The number of hydrogen-bond acceptors (Lipinski definition) is 6. The summed E-state index contributed by atoms with van der Waals surface area (Å²) in [5.74, 6) is -3.42. The van der Waals surface area contributed by atoms with Crippen molar-refractivity contribution in [3.05, 3.63) is 35.9 Å². The topological polar surface area (TPSA) is 171 Å². The Hall–Kier alpha value is -2.98. The molecule has 1 aromatic rings. The van der Waals surface area contributed by atoms with Gasteiger partial charge in [-0.15, -0.1) is 0 Å². The standard InChI is InChI=1S/C23H36N4O6/c1-13(2)10-17(23(32)33)26-21(30)18(12-28)27-20(29)16(11-15-8-6-5-7-9-15)25-22(31)19(24)14(3)4/h5-9,13-14,16-19,28H,10-12,24H2,1-4H3,(H,25,31)(H,26,30)(H,27,29)(H,32,33). The predicted molar refractivity (Wildman–Crippen MR) is 123 cm³/mol. The minimum Gasteiger partial charge on any atom is -0.480 e. The molecule has 184 valence electrons. The molecule has 4 atom stereocenters. The highest BCUT2D eigenvalue weighted by Gasteiger charge is 2.30. The van der Waals surface area contributed by atoms with Crippen LogP contribution in [0.25, 0.3) is 0 Å². The van der Waals surface area contributed by atoms with E-state index in [2.05, 4.69) is 16.0 Å². The van der Waals surface area contributed by atoms with E-state index in [9.17, 15) is 29.4 Å². The first-order valence-electron chi connectivity index (χ1n) is 11.0. The van der Waals surface area contributed by atoms with Crippen LogP contribution in [-0.4, -0.2) is 64.7 Å². The quantitative estimate of drug-likeness (QED) is 0.234. The van der Waals surface area contributed by atoms with Crippen molar-refractivity contribution in [2.24, 2.45) is 17.6 Å². The lowest BCUT2D eigenvalue weighted by Gasteiger charge is -2.25. The van der Waals surface area contributed by atoms with Crippen LogP contribution < -0.4 is 21.7 Å².